The molecule has 3 heteroatoms. The summed E-state index contributed by atoms with van der Waals surface area (Å²) in [5.41, 5.74) is 1.15. The molecule has 0 amide bonds. The van der Waals surface area contributed by atoms with E-state index in [1.807, 2.05) is 12.1 Å². The molecule has 0 saturated carbocycles. The van der Waals surface area contributed by atoms with E-state index < -0.39 is 0 Å². The summed E-state index contributed by atoms with van der Waals surface area (Å²) in [7, 11) is 0. The average molecular weight is 246 g/mol. The molecular formula is C12H17Cl2N. The van der Waals surface area contributed by atoms with Gasteiger partial charge in [-0.05, 0) is 23.6 Å². The number of rotatable bonds is 4. The molecule has 0 saturated heterocycles. The molecule has 0 aliphatic rings. The summed E-state index contributed by atoms with van der Waals surface area (Å²) < 4.78 is 0. The van der Waals surface area contributed by atoms with E-state index in [9.17, 15) is 0 Å². The predicted octanol–water partition coefficient (Wildman–Crippen LogP) is 4.09. The first kappa shape index (κ1) is 12.8. The highest BCUT2D eigenvalue weighted by Gasteiger charge is 2.10. The highest BCUT2D eigenvalue weighted by atomic mass is 35.5. The lowest BCUT2D eigenvalue weighted by Gasteiger charge is -2.16. The van der Waals surface area contributed by atoms with Crippen LogP contribution in [0.3, 0.4) is 0 Å². The van der Waals surface area contributed by atoms with Crippen LogP contribution >= 0.6 is 23.2 Å². The van der Waals surface area contributed by atoms with E-state index in [2.05, 4.69) is 26.1 Å². The van der Waals surface area contributed by atoms with Crippen molar-refractivity contribution in [2.24, 2.45) is 0 Å². The normalized spacial score (nSPS) is 13.2. The molecule has 0 heterocycles. The predicted molar refractivity (Wildman–Crippen MR) is 68.0 cm³/mol. The first-order valence-electron chi connectivity index (χ1n) is 5.19. The van der Waals surface area contributed by atoms with Gasteiger partial charge in [0.05, 0.1) is 0 Å². The summed E-state index contributed by atoms with van der Waals surface area (Å²) in [4.78, 5) is 0. The van der Waals surface area contributed by atoms with Gasteiger partial charge in [0.25, 0.3) is 0 Å². The highest BCUT2D eigenvalue weighted by molar-refractivity contribution is 6.35. The van der Waals surface area contributed by atoms with Gasteiger partial charge in [-0.3, -0.25) is 0 Å². The summed E-state index contributed by atoms with van der Waals surface area (Å²) in [6, 6.07) is 6.18. The SMILES string of the molecule is CC(C)NCC(C)c1ccc(Cl)cc1Cl. The van der Waals surface area contributed by atoms with Crippen molar-refractivity contribution in [1.29, 1.82) is 0 Å². The Hall–Kier alpha value is -0.240. The third-order valence-corrected chi connectivity index (χ3v) is 2.89. The lowest BCUT2D eigenvalue weighted by Crippen LogP contribution is -2.27. The monoisotopic (exact) mass is 245 g/mol. The fourth-order valence-electron chi connectivity index (χ4n) is 1.42. The maximum atomic E-state index is 6.13. The second-order valence-electron chi connectivity index (χ2n) is 4.13. The van der Waals surface area contributed by atoms with Gasteiger partial charge in [-0.1, -0.05) is 50.0 Å². The molecule has 84 valence electrons. The minimum absolute atomic E-state index is 0.400. The van der Waals surface area contributed by atoms with Crippen molar-refractivity contribution in [2.45, 2.75) is 32.7 Å². The zero-order valence-corrected chi connectivity index (χ0v) is 10.9. The van der Waals surface area contributed by atoms with Gasteiger partial charge >= 0.3 is 0 Å². The number of benzene rings is 1. The van der Waals surface area contributed by atoms with Gasteiger partial charge in [0, 0.05) is 22.6 Å². The van der Waals surface area contributed by atoms with Crippen molar-refractivity contribution in [3.8, 4) is 0 Å². The standard InChI is InChI=1S/C12H17Cl2N/c1-8(2)15-7-9(3)11-5-4-10(13)6-12(11)14/h4-6,8-9,15H,7H2,1-3H3. The molecule has 1 unspecified atom stereocenters. The first-order chi connectivity index (χ1) is 7.00. The van der Waals surface area contributed by atoms with Crippen LogP contribution in [0.2, 0.25) is 10.0 Å². The summed E-state index contributed by atoms with van der Waals surface area (Å²) >= 11 is 12.0. The molecule has 1 N–H and O–H groups in total. The quantitative estimate of drug-likeness (QED) is 0.843. The Bertz CT molecular complexity index is 323. The smallest absolute Gasteiger partial charge is 0.0456 e. The Morgan fingerprint density at radius 3 is 2.40 bits per heavy atom. The molecule has 1 rings (SSSR count). The van der Waals surface area contributed by atoms with Crippen LogP contribution in [0.25, 0.3) is 0 Å². The van der Waals surface area contributed by atoms with Crippen LogP contribution in [0.1, 0.15) is 32.3 Å². The Morgan fingerprint density at radius 2 is 1.87 bits per heavy atom. The van der Waals surface area contributed by atoms with E-state index in [0.717, 1.165) is 17.1 Å². The topological polar surface area (TPSA) is 12.0 Å². The number of nitrogens with one attached hydrogen (secondary N) is 1. The van der Waals surface area contributed by atoms with Gasteiger partial charge in [0.2, 0.25) is 0 Å². The number of halogens is 2. The summed E-state index contributed by atoms with van der Waals surface area (Å²) in [5.74, 6) is 0.400. The van der Waals surface area contributed by atoms with Crippen LogP contribution in [0.15, 0.2) is 18.2 Å². The maximum absolute atomic E-state index is 6.13. The molecular weight excluding hydrogens is 229 g/mol. The summed E-state index contributed by atoms with van der Waals surface area (Å²) in [5, 5.41) is 4.83. The van der Waals surface area contributed by atoms with E-state index in [1.54, 1.807) is 6.07 Å². The van der Waals surface area contributed by atoms with Gasteiger partial charge in [0.15, 0.2) is 0 Å². The van der Waals surface area contributed by atoms with E-state index in [0.29, 0.717) is 17.0 Å². The van der Waals surface area contributed by atoms with Crippen LogP contribution in [-0.4, -0.2) is 12.6 Å². The molecule has 0 aromatic heterocycles. The highest BCUT2D eigenvalue weighted by Crippen LogP contribution is 2.26. The van der Waals surface area contributed by atoms with E-state index in [-0.39, 0.29) is 0 Å². The van der Waals surface area contributed by atoms with Crippen LogP contribution in [-0.2, 0) is 0 Å². The minimum Gasteiger partial charge on any atom is -0.314 e. The number of hydrogen-bond donors (Lipinski definition) is 1. The number of hydrogen-bond acceptors (Lipinski definition) is 1. The third-order valence-electron chi connectivity index (χ3n) is 2.33. The average Bonchev–Trinajstić information content (AvgIpc) is 2.14. The molecule has 0 radical (unpaired) electrons. The van der Waals surface area contributed by atoms with Gasteiger partial charge in [-0.25, -0.2) is 0 Å². The molecule has 1 aromatic rings. The van der Waals surface area contributed by atoms with Gasteiger partial charge in [-0.15, -0.1) is 0 Å². The zero-order chi connectivity index (χ0) is 11.4. The Morgan fingerprint density at radius 1 is 1.20 bits per heavy atom. The minimum atomic E-state index is 0.400. The second-order valence-corrected chi connectivity index (χ2v) is 4.97. The largest absolute Gasteiger partial charge is 0.314 e. The lowest BCUT2D eigenvalue weighted by atomic mass is 10.0. The summed E-state index contributed by atoms with van der Waals surface area (Å²) in [6.45, 7) is 7.36. The van der Waals surface area contributed by atoms with E-state index in [1.165, 1.54) is 0 Å². The van der Waals surface area contributed by atoms with Crippen molar-refractivity contribution in [2.75, 3.05) is 6.54 Å². The fourth-order valence-corrected chi connectivity index (χ4v) is 2.02. The molecule has 0 bridgehead atoms. The molecule has 0 spiro atoms. The Balaban J connectivity index is 2.69. The first-order valence-corrected chi connectivity index (χ1v) is 5.94. The third kappa shape index (κ3) is 4.02. The molecule has 0 aliphatic heterocycles. The molecule has 1 aromatic carbocycles. The zero-order valence-electron chi connectivity index (χ0n) is 9.35. The maximum Gasteiger partial charge on any atom is 0.0456 e. The van der Waals surface area contributed by atoms with Gasteiger partial charge < -0.3 is 5.32 Å². The van der Waals surface area contributed by atoms with Crippen molar-refractivity contribution < 1.29 is 0 Å². The van der Waals surface area contributed by atoms with Crippen LogP contribution in [0.5, 0.6) is 0 Å². The molecule has 0 fully saturated rings. The molecule has 0 aliphatic carbocycles. The molecule has 1 nitrogen and oxygen atoms in total. The lowest BCUT2D eigenvalue weighted by molar-refractivity contribution is 0.548. The fraction of sp³-hybridized carbons (Fsp3) is 0.500. The van der Waals surface area contributed by atoms with Crippen molar-refractivity contribution in [3.63, 3.8) is 0 Å². The molecule has 15 heavy (non-hydrogen) atoms. The van der Waals surface area contributed by atoms with Crippen molar-refractivity contribution in [3.05, 3.63) is 33.8 Å². The Labute approximate surface area is 102 Å². The van der Waals surface area contributed by atoms with Crippen molar-refractivity contribution >= 4 is 23.2 Å². The van der Waals surface area contributed by atoms with Crippen LogP contribution in [0, 0.1) is 0 Å². The van der Waals surface area contributed by atoms with Crippen LogP contribution < -0.4 is 5.32 Å². The molecule has 1 atom stereocenters. The summed E-state index contributed by atoms with van der Waals surface area (Å²) in [6.07, 6.45) is 0. The van der Waals surface area contributed by atoms with Crippen molar-refractivity contribution in [1.82, 2.24) is 5.32 Å². The van der Waals surface area contributed by atoms with Gasteiger partial charge in [0.1, 0.15) is 0 Å². The van der Waals surface area contributed by atoms with Crippen LogP contribution in [0.4, 0.5) is 0 Å². The van der Waals surface area contributed by atoms with Gasteiger partial charge in [-0.2, -0.15) is 0 Å². The van der Waals surface area contributed by atoms with E-state index in [4.69, 9.17) is 23.2 Å². The second kappa shape index (κ2) is 5.74. The Kier molecular flexibility index (Phi) is 4.91. The van der Waals surface area contributed by atoms with E-state index >= 15 is 0 Å².